The van der Waals surface area contributed by atoms with Crippen LogP contribution in [0, 0.1) is 17.6 Å². The first-order valence-electron chi connectivity index (χ1n) is 8.18. The number of methoxy groups -OCH3 is 1. The lowest BCUT2D eigenvalue weighted by molar-refractivity contribution is -0.272. The van der Waals surface area contributed by atoms with Crippen LogP contribution in [0.4, 0.5) is 22.0 Å². The maximum Gasteiger partial charge on any atom is 0.417 e. The lowest BCUT2D eigenvalue weighted by Crippen LogP contribution is -2.47. The molecule has 0 spiro atoms. The Labute approximate surface area is 153 Å². The molecule has 2 rings (SSSR count). The van der Waals surface area contributed by atoms with E-state index in [2.05, 4.69) is 10.6 Å². The zero-order valence-electron chi connectivity index (χ0n) is 15.2. The predicted octanol–water partition coefficient (Wildman–Crippen LogP) is 2.71. The predicted molar refractivity (Wildman–Crippen MR) is 86.2 cm³/mol. The first kappa shape index (κ1) is 21.4. The third-order valence-electron chi connectivity index (χ3n) is 5.01. The Morgan fingerprint density at radius 3 is 2.48 bits per heavy atom. The molecule has 1 aliphatic rings. The Balaban J connectivity index is 2.59. The number of carbonyl (C=O) groups excluding carboxylic acids is 1. The highest BCUT2D eigenvalue weighted by molar-refractivity contribution is 5.82. The molecule has 1 aromatic carbocycles. The van der Waals surface area contributed by atoms with Crippen LogP contribution in [0.3, 0.4) is 0 Å². The zero-order valence-corrected chi connectivity index (χ0v) is 15.2. The smallest absolute Gasteiger partial charge is 0.417 e. The minimum absolute atomic E-state index is 0.00254. The Morgan fingerprint density at radius 2 is 1.96 bits per heavy atom. The second-order valence-electron chi connectivity index (χ2n) is 6.51. The molecule has 1 aliphatic heterocycles. The van der Waals surface area contributed by atoms with E-state index in [0.29, 0.717) is 0 Å². The average Bonchev–Trinajstić information content (AvgIpc) is 2.87. The summed E-state index contributed by atoms with van der Waals surface area (Å²) in [5.41, 5.74) is -2.73. The van der Waals surface area contributed by atoms with Gasteiger partial charge in [0, 0.05) is 17.4 Å². The number of ether oxygens (including phenoxy) is 2. The van der Waals surface area contributed by atoms with Crippen molar-refractivity contribution in [1.82, 2.24) is 10.6 Å². The molecule has 1 amide bonds. The number of hydrogen-bond acceptors (Lipinski definition) is 4. The second-order valence-corrected chi connectivity index (χ2v) is 6.51. The normalized spacial score (nSPS) is 28.3. The number of benzene rings is 1. The van der Waals surface area contributed by atoms with E-state index in [1.165, 1.54) is 14.0 Å². The summed E-state index contributed by atoms with van der Waals surface area (Å²) in [4.78, 5) is 12.4. The summed E-state index contributed by atoms with van der Waals surface area (Å²) in [6.07, 6.45) is -6.35. The monoisotopic (exact) mass is 396 g/mol. The fourth-order valence-electron chi connectivity index (χ4n) is 3.32. The zero-order chi connectivity index (χ0) is 20.6. The summed E-state index contributed by atoms with van der Waals surface area (Å²) in [5.74, 6) is -6.39. The largest absolute Gasteiger partial charge is 0.493 e. The molecule has 0 saturated carbocycles. The summed E-state index contributed by atoms with van der Waals surface area (Å²) >= 11 is 0. The van der Waals surface area contributed by atoms with Gasteiger partial charge in [-0.1, -0.05) is 13.0 Å². The number of rotatable bonds is 5. The molecular formula is C17H21F5N2O3. The van der Waals surface area contributed by atoms with Crippen LogP contribution in [0.2, 0.25) is 0 Å². The van der Waals surface area contributed by atoms with Gasteiger partial charge in [0.2, 0.25) is 5.82 Å². The van der Waals surface area contributed by atoms with Crippen molar-refractivity contribution in [3.05, 3.63) is 29.3 Å². The summed E-state index contributed by atoms with van der Waals surface area (Å²) in [6, 6.07) is 1.90. The maximum absolute atomic E-state index is 14.1. The summed E-state index contributed by atoms with van der Waals surface area (Å²) in [7, 11) is 2.61. The lowest BCUT2D eigenvalue weighted by atomic mass is 9.77. The number of amides is 1. The molecule has 1 heterocycles. The fourth-order valence-corrected chi connectivity index (χ4v) is 3.32. The molecule has 5 nitrogen and oxygen atoms in total. The van der Waals surface area contributed by atoms with E-state index in [9.17, 15) is 26.7 Å². The Bertz CT molecular complexity index is 713. The highest BCUT2D eigenvalue weighted by Gasteiger charge is 2.65. The number of nitrogens with one attached hydrogen (secondary N) is 2. The third-order valence-corrected chi connectivity index (χ3v) is 5.01. The number of carbonyl (C=O) groups is 1. The van der Waals surface area contributed by atoms with Crippen molar-refractivity contribution >= 4 is 5.91 Å². The van der Waals surface area contributed by atoms with E-state index in [-0.39, 0.29) is 12.2 Å². The van der Waals surface area contributed by atoms with Crippen LogP contribution in [0.15, 0.2) is 12.1 Å². The topological polar surface area (TPSA) is 59.6 Å². The van der Waals surface area contributed by atoms with Crippen molar-refractivity contribution in [2.45, 2.75) is 37.6 Å². The van der Waals surface area contributed by atoms with Crippen LogP contribution in [-0.4, -0.2) is 44.6 Å². The molecule has 27 heavy (non-hydrogen) atoms. The van der Waals surface area contributed by atoms with Crippen molar-refractivity contribution in [3.8, 4) is 5.75 Å². The van der Waals surface area contributed by atoms with Gasteiger partial charge in [0.05, 0.1) is 13.8 Å². The molecule has 0 unspecified atom stereocenters. The van der Waals surface area contributed by atoms with Crippen molar-refractivity contribution in [3.63, 3.8) is 0 Å². The van der Waals surface area contributed by atoms with E-state index < -0.39 is 53.0 Å². The van der Waals surface area contributed by atoms with Gasteiger partial charge in [0.15, 0.2) is 17.2 Å². The average molecular weight is 396 g/mol. The maximum atomic E-state index is 14.1. The van der Waals surface area contributed by atoms with Crippen molar-refractivity contribution in [1.29, 1.82) is 0 Å². The van der Waals surface area contributed by atoms with Crippen LogP contribution in [-0.2, 0) is 9.53 Å². The van der Waals surface area contributed by atoms with Gasteiger partial charge in [-0.15, -0.1) is 0 Å². The minimum Gasteiger partial charge on any atom is -0.493 e. The van der Waals surface area contributed by atoms with Crippen LogP contribution >= 0.6 is 0 Å². The molecule has 152 valence electrons. The van der Waals surface area contributed by atoms with Crippen LogP contribution in [0.25, 0.3) is 0 Å². The molecule has 4 atom stereocenters. The quantitative estimate of drug-likeness (QED) is 0.594. The van der Waals surface area contributed by atoms with E-state index in [1.807, 2.05) is 0 Å². The van der Waals surface area contributed by atoms with Gasteiger partial charge in [-0.2, -0.15) is 17.6 Å². The van der Waals surface area contributed by atoms with Crippen LogP contribution < -0.4 is 15.4 Å². The first-order valence-corrected chi connectivity index (χ1v) is 8.18. The summed E-state index contributed by atoms with van der Waals surface area (Å²) < 4.78 is 78.7. The molecular weight excluding hydrogens is 375 g/mol. The van der Waals surface area contributed by atoms with Gasteiger partial charge in [-0.05, 0) is 20.0 Å². The molecule has 1 fully saturated rings. The van der Waals surface area contributed by atoms with Crippen molar-refractivity contribution in [2.24, 2.45) is 5.92 Å². The van der Waals surface area contributed by atoms with Crippen LogP contribution in [0.1, 0.15) is 25.3 Å². The highest BCUT2D eigenvalue weighted by atomic mass is 19.4. The van der Waals surface area contributed by atoms with Gasteiger partial charge in [0.1, 0.15) is 6.10 Å². The molecule has 0 radical (unpaired) electrons. The highest BCUT2D eigenvalue weighted by Crippen LogP contribution is 2.54. The second kappa shape index (κ2) is 7.59. The molecule has 1 saturated heterocycles. The summed E-state index contributed by atoms with van der Waals surface area (Å²) in [6.45, 7) is 2.09. The Hall–Kier alpha value is -1.94. The summed E-state index contributed by atoms with van der Waals surface area (Å²) in [5, 5.41) is 5.03. The number of halogens is 5. The van der Waals surface area contributed by atoms with Gasteiger partial charge in [-0.25, -0.2) is 4.39 Å². The molecule has 2 N–H and O–H groups in total. The molecule has 0 aromatic heterocycles. The van der Waals surface area contributed by atoms with E-state index in [1.54, 1.807) is 0 Å². The molecule has 0 aliphatic carbocycles. The Morgan fingerprint density at radius 1 is 1.33 bits per heavy atom. The third kappa shape index (κ3) is 3.60. The molecule has 10 heteroatoms. The van der Waals surface area contributed by atoms with Gasteiger partial charge >= 0.3 is 6.18 Å². The number of hydrogen-bond donors (Lipinski definition) is 2. The lowest BCUT2D eigenvalue weighted by Gasteiger charge is -2.32. The number of alkyl halides is 3. The van der Waals surface area contributed by atoms with Crippen molar-refractivity contribution < 1.29 is 36.2 Å². The van der Waals surface area contributed by atoms with Gasteiger partial charge < -0.3 is 20.1 Å². The minimum atomic E-state index is -4.78. The van der Waals surface area contributed by atoms with Gasteiger partial charge in [-0.3, -0.25) is 4.79 Å². The first-order chi connectivity index (χ1) is 12.5. The SMILES string of the molecule is CNCNC(=O)[C@@H]1O[C@@](C)(C(F)(F)F)[C@@H](C)[C@H]1c1ccc(F)c(F)c1OC. The van der Waals surface area contributed by atoms with E-state index >= 15 is 0 Å². The standard InChI is InChI=1S/C17H21F5N2O3/c1-8-11(9-5-6-10(18)12(19)13(9)26-4)14(15(25)24-7-23-3)27-16(8,2)17(20,21)22/h5-6,8,11,14,23H,7H2,1-4H3,(H,24,25)/t8-,11-,14+,16+/m0/s1. The van der Waals surface area contributed by atoms with Crippen LogP contribution in [0.5, 0.6) is 5.75 Å². The van der Waals surface area contributed by atoms with Crippen molar-refractivity contribution in [2.75, 3.05) is 20.8 Å². The Kier molecular flexibility index (Phi) is 6.00. The fraction of sp³-hybridized carbons (Fsp3) is 0.588. The van der Waals surface area contributed by atoms with Gasteiger partial charge in [0.25, 0.3) is 5.91 Å². The van der Waals surface area contributed by atoms with E-state index in [4.69, 9.17) is 9.47 Å². The molecule has 1 aromatic rings. The van der Waals surface area contributed by atoms with E-state index in [0.717, 1.165) is 26.2 Å². The molecule has 0 bridgehead atoms.